The van der Waals surface area contributed by atoms with Gasteiger partial charge in [0.25, 0.3) is 0 Å². The van der Waals surface area contributed by atoms with Crippen molar-refractivity contribution in [3.05, 3.63) is 133 Å². The molecule has 0 saturated heterocycles. The number of rotatable bonds is 0. The standard InChI is InChI=1S/C38H22/c1-3-7-25-23(5-1)9-11-29-27(25)13-15-33-31(29)17-19-37-35(33)21-22-36-34-16-14-28-26-8-4-2-6-24(26)10-12-30(28)32(34)18-20-38(36)37/h1-22H. The zero-order valence-corrected chi connectivity index (χ0v) is 20.7. The van der Waals surface area contributed by atoms with Crippen LogP contribution in [0.2, 0.25) is 0 Å². The Bertz CT molecular complexity index is 2270. The van der Waals surface area contributed by atoms with E-state index in [1.54, 1.807) is 0 Å². The summed E-state index contributed by atoms with van der Waals surface area (Å²) in [5, 5.41) is 21.0. The molecule has 9 aromatic carbocycles. The highest BCUT2D eigenvalue weighted by molar-refractivity contribution is 6.29. The van der Waals surface area contributed by atoms with Gasteiger partial charge in [0.2, 0.25) is 0 Å². The first-order valence-corrected chi connectivity index (χ1v) is 13.3. The average molecular weight is 479 g/mol. The molecule has 0 aliphatic rings. The molecule has 38 heavy (non-hydrogen) atoms. The van der Waals surface area contributed by atoms with Gasteiger partial charge in [0.1, 0.15) is 0 Å². The first-order chi connectivity index (χ1) is 18.8. The summed E-state index contributed by atoms with van der Waals surface area (Å²) in [4.78, 5) is 0. The summed E-state index contributed by atoms with van der Waals surface area (Å²) in [5.74, 6) is 0. The largest absolute Gasteiger partial charge is 0.0616 e. The zero-order valence-electron chi connectivity index (χ0n) is 20.7. The molecule has 0 heterocycles. The maximum atomic E-state index is 2.33. The minimum atomic E-state index is 1.29. The van der Waals surface area contributed by atoms with Gasteiger partial charge >= 0.3 is 0 Å². The van der Waals surface area contributed by atoms with Crippen LogP contribution in [0.5, 0.6) is 0 Å². The second-order valence-corrected chi connectivity index (χ2v) is 10.5. The van der Waals surface area contributed by atoms with Crippen molar-refractivity contribution in [1.29, 1.82) is 0 Å². The fourth-order valence-electron chi connectivity index (χ4n) is 6.85. The molecule has 0 heteroatoms. The van der Waals surface area contributed by atoms with Crippen molar-refractivity contribution in [2.24, 2.45) is 0 Å². The summed E-state index contributed by atoms with van der Waals surface area (Å²) in [5.41, 5.74) is 0. The molecule has 0 saturated carbocycles. The molecule has 0 aliphatic heterocycles. The summed E-state index contributed by atoms with van der Waals surface area (Å²) >= 11 is 0. The molecule has 0 aromatic heterocycles. The minimum Gasteiger partial charge on any atom is -0.0616 e. The summed E-state index contributed by atoms with van der Waals surface area (Å²) in [6, 6.07) is 49.6. The smallest absolute Gasteiger partial charge is 0.00987 e. The number of benzene rings is 9. The maximum absolute atomic E-state index is 2.33. The molecule has 0 aliphatic carbocycles. The van der Waals surface area contributed by atoms with Crippen LogP contribution in [0.15, 0.2) is 133 Å². The first-order valence-electron chi connectivity index (χ1n) is 13.3. The quantitative estimate of drug-likeness (QED) is 0.190. The molecule has 174 valence electrons. The second kappa shape index (κ2) is 7.31. The van der Waals surface area contributed by atoms with Crippen molar-refractivity contribution in [3.63, 3.8) is 0 Å². The molecule has 0 fully saturated rings. The van der Waals surface area contributed by atoms with E-state index in [1.165, 1.54) is 86.2 Å². The van der Waals surface area contributed by atoms with Crippen molar-refractivity contribution in [2.45, 2.75) is 0 Å². The van der Waals surface area contributed by atoms with E-state index in [0.717, 1.165) is 0 Å². The van der Waals surface area contributed by atoms with Crippen LogP contribution in [0.25, 0.3) is 86.2 Å². The number of fused-ring (bicyclic) bond motifs is 15. The van der Waals surface area contributed by atoms with Gasteiger partial charge in [-0.1, -0.05) is 133 Å². The van der Waals surface area contributed by atoms with E-state index in [-0.39, 0.29) is 0 Å². The van der Waals surface area contributed by atoms with Gasteiger partial charge < -0.3 is 0 Å². The van der Waals surface area contributed by atoms with E-state index in [1.807, 2.05) is 0 Å². The lowest BCUT2D eigenvalue weighted by atomic mass is 9.90. The Morgan fingerprint density at radius 3 is 0.658 bits per heavy atom. The van der Waals surface area contributed by atoms with Gasteiger partial charge in [-0.25, -0.2) is 0 Å². The maximum Gasteiger partial charge on any atom is -0.00987 e. The first kappa shape index (κ1) is 20.2. The zero-order chi connectivity index (χ0) is 24.8. The summed E-state index contributed by atoms with van der Waals surface area (Å²) in [6.07, 6.45) is 0. The van der Waals surface area contributed by atoms with Crippen LogP contribution in [-0.4, -0.2) is 0 Å². The van der Waals surface area contributed by atoms with Crippen LogP contribution in [0.1, 0.15) is 0 Å². The van der Waals surface area contributed by atoms with Gasteiger partial charge in [-0.2, -0.15) is 0 Å². The summed E-state index contributed by atoms with van der Waals surface area (Å²) in [6.45, 7) is 0. The van der Waals surface area contributed by atoms with Crippen LogP contribution in [0, 0.1) is 0 Å². The topological polar surface area (TPSA) is 0 Å². The fraction of sp³-hybridized carbons (Fsp3) is 0. The molecule has 0 N–H and O–H groups in total. The number of hydrogen-bond donors (Lipinski definition) is 0. The van der Waals surface area contributed by atoms with E-state index < -0.39 is 0 Å². The molecule has 0 atom stereocenters. The highest BCUT2D eigenvalue weighted by Gasteiger charge is 2.12. The number of hydrogen-bond acceptors (Lipinski definition) is 0. The minimum absolute atomic E-state index is 1.29. The Balaban J connectivity index is 1.35. The van der Waals surface area contributed by atoms with E-state index in [9.17, 15) is 0 Å². The molecule has 0 bridgehead atoms. The van der Waals surface area contributed by atoms with Crippen LogP contribution >= 0.6 is 0 Å². The molecule has 9 rings (SSSR count). The molecule has 9 aromatic rings. The molecule has 0 spiro atoms. The Morgan fingerprint density at radius 1 is 0.158 bits per heavy atom. The third-order valence-electron chi connectivity index (χ3n) is 8.64. The van der Waals surface area contributed by atoms with Gasteiger partial charge in [0.05, 0.1) is 0 Å². The molecule has 0 nitrogen and oxygen atoms in total. The second-order valence-electron chi connectivity index (χ2n) is 10.5. The molecule has 0 radical (unpaired) electrons. The highest BCUT2D eigenvalue weighted by atomic mass is 14.2. The summed E-state index contributed by atoms with van der Waals surface area (Å²) < 4.78 is 0. The van der Waals surface area contributed by atoms with E-state index in [2.05, 4.69) is 133 Å². The van der Waals surface area contributed by atoms with E-state index >= 15 is 0 Å². The van der Waals surface area contributed by atoms with Crippen molar-refractivity contribution in [1.82, 2.24) is 0 Å². The third kappa shape index (κ3) is 2.59. The predicted octanol–water partition coefficient (Wildman–Crippen LogP) is 10.9. The highest BCUT2D eigenvalue weighted by Crippen LogP contribution is 2.40. The van der Waals surface area contributed by atoms with Crippen molar-refractivity contribution >= 4 is 86.2 Å². The van der Waals surface area contributed by atoms with Crippen molar-refractivity contribution < 1.29 is 0 Å². The van der Waals surface area contributed by atoms with Gasteiger partial charge in [0, 0.05) is 0 Å². The fourth-order valence-corrected chi connectivity index (χ4v) is 6.85. The van der Waals surface area contributed by atoms with E-state index in [0.29, 0.717) is 0 Å². The summed E-state index contributed by atoms with van der Waals surface area (Å²) in [7, 11) is 0. The molecular formula is C38H22. The van der Waals surface area contributed by atoms with Crippen LogP contribution < -0.4 is 0 Å². The molecule has 0 unspecified atom stereocenters. The Kier molecular flexibility index (Phi) is 3.88. The normalized spacial score (nSPS) is 12.2. The lowest BCUT2D eigenvalue weighted by Crippen LogP contribution is -1.86. The lowest BCUT2D eigenvalue weighted by molar-refractivity contribution is 1.78. The van der Waals surface area contributed by atoms with E-state index in [4.69, 9.17) is 0 Å². The SMILES string of the molecule is c1ccc2c(c1)ccc1c2ccc2c1ccc1c2ccc2c3ccc4c5ccccc5ccc4c3ccc21. The van der Waals surface area contributed by atoms with Crippen LogP contribution in [0.3, 0.4) is 0 Å². The third-order valence-corrected chi connectivity index (χ3v) is 8.64. The monoisotopic (exact) mass is 478 g/mol. The van der Waals surface area contributed by atoms with Gasteiger partial charge in [-0.05, 0) is 86.2 Å². The Labute approximate surface area is 219 Å². The predicted molar refractivity (Wildman–Crippen MR) is 166 cm³/mol. The lowest BCUT2D eigenvalue weighted by Gasteiger charge is -2.13. The Morgan fingerprint density at radius 2 is 0.368 bits per heavy atom. The van der Waals surface area contributed by atoms with Crippen molar-refractivity contribution in [2.75, 3.05) is 0 Å². The van der Waals surface area contributed by atoms with Gasteiger partial charge in [-0.3, -0.25) is 0 Å². The molecule has 0 amide bonds. The Hall–Kier alpha value is -4.94. The molecular weight excluding hydrogens is 456 g/mol. The van der Waals surface area contributed by atoms with Crippen LogP contribution in [0.4, 0.5) is 0 Å². The van der Waals surface area contributed by atoms with Crippen molar-refractivity contribution in [3.8, 4) is 0 Å². The van der Waals surface area contributed by atoms with Gasteiger partial charge in [-0.15, -0.1) is 0 Å². The average Bonchev–Trinajstić information content (AvgIpc) is 2.99. The van der Waals surface area contributed by atoms with Crippen LogP contribution in [-0.2, 0) is 0 Å². The van der Waals surface area contributed by atoms with Gasteiger partial charge in [0.15, 0.2) is 0 Å².